The molecule has 2 heterocycles. The van der Waals surface area contributed by atoms with Gasteiger partial charge in [-0.2, -0.15) is 0 Å². The van der Waals surface area contributed by atoms with Crippen molar-refractivity contribution < 1.29 is 4.74 Å². The summed E-state index contributed by atoms with van der Waals surface area (Å²) in [6.07, 6.45) is 11.6. The first-order chi connectivity index (χ1) is 13.8. The lowest BCUT2D eigenvalue weighted by molar-refractivity contribution is 0.0909. The highest BCUT2D eigenvalue weighted by atomic mass is 16.5. The molecule has 0 spiro atoms. The molecule has 0 amide bonds. The van der Waals surface area contributed by atoms with Gasteiger partial charge in [-0.15, -0.1) is 0 Å². The molecule has 3 aliphatic rings. The summed E-state index contributed by atoms with van der Waals surface area (Å²) >= 11 is 0. The number of benzene rings is 1. The molecule has 4 heteroatoms. The summed E-state index contributed by atoms with van der Waals surface area (Å²) in [5.74, 6) is 1.99. The van der Waals surface area contributed by atoms with Crippen LogP contribution in [0.2, 0.25) is 0 Å². The molecule has 1 atom stereocenters. The van der Waals surface area contributed by atoms with Crippen molar-refractivity contribution in [2.45, 2.75) is 57.4 Å². The highest BCUT2D eigenvalue weighted by Gasteiger charge is 2.28. The van der Waals surface area contributed by atoms with E-state index in [0.29, 0.717) is 0 Å². The molecule has 0 bridgehead atoms. The maximum Gasteiger partial charge on any atom is 0.119 e. The van der Waals surface area contributed by atoms with E-state index in [-0.39, 0.29) is 0 Å². The first kappa shape index (κ1) is 20.0. The summed E-state index contributed by atoms with van der Waals surface area (Å²) in [6, 6.07) is 9.32. The fourth-order valence-corrected chi connectivity index (χ4v) is 5.57. The molecular weight excluding hydrogens is 346 g/mol. The van der Waals surface area contributed by atoms with Crippen LogP contribution in [0.15, 0.2) is 24.3 Å². The van der Waals surface area contributed by atoms with Gasteiger partial charge in [-0.25, -0.2) is 0 Å². The van der Waals surface area contributed by atoms with E-state index in [1.165, 1.54) is 89.8 Å². The smallest absolute Gasteiger partial charge is 0.119 e. The van der Waals surface area contributed by atoms with Crippen LogP contribution in [0.3, 0.4) is 0 Å². The second-order valence-corrected chi connectivity index (χ2v) is 9.11. The molecule has 1 saturated carbocycles. The molecule has 0 aromatic heterocycles. The van der Waals surface area contributed by atoms with E-state index >= 15 is 0 Å². The summed E-state index contributed by atoms with van der Waals surface area (Å²) in [5.41, 5.74) is 1.33. The van der Waals surface area contributed by atoms with Crippen LogP contribution in [0.5, 0.6) is 5.75 Å². The lowest BCUT2D eigenvalue weighted by Gasteiger charge is -2.44. The fraction of sp³-hybridized carbons (Fsp3) is 0.750. The van der Waals surface area contributed by atoms with Gasteiger partial charge in [-0.05, 0) is 69.0 Å². The van der Waals surface area contributed by atoms with Crippen molar-refractivity contribution in [2.24, 2.45) is 5.92 Å². The van der Waals surface area contributed by atoms with E-state index in [1.807, 2.05) is 0 Å². The average molecular weight is 386 g/mol. The lowest BCUT2D eigenvalue weighted by Crippen LogP contribution is -2.55. The average Bonchev–Trinajstić information content (AvgIpc) is 3.28. The molecule has 3 fully saturated rings. The van der Waals surface area contributed by atoms with Crippen molar-refractivity contribution in [1.29, 1.82) is 0 Å². The first-order valence-electron chi connectivity index (χ1n) is 11.7. The molecule has 1 unspecified atom stereocenters. The van der Waals surface area contributed by atoms with Crippen molar-refractivity contribution in [3.8, 4) is 5.75 Å². The number of nitrogens with zero attached hydrogens (tertiary/aromatic N) is 3. The van der Waals surface area contributed by atoms with Crippen LogP contribution in [0, 0.1) is 5.92 Å². The largest absolute Gasteiger partial charge is 0.497 e. The van der Waals surface area contributed by atoms with E-state index in [4.69, 9.17) is 4.74 Å². The van der Waals surface area contributed by atoms with Crippen molar-refractivity contribution in [3.05, 3.63) is 24.3 Å². The highest BCUT2D eigenvalue weighted by molar-refractivity contribution is 5.49. The molecule has 1 aromatic carbocycles. The Kier molecular flexibility index (Phi) is 7.14. The molecule has 2 aliphatic heterocycles. The Labute approximate surface area is 171 Å². The van der Waals surface area contributed by atoms with Gasteiger partial charge in [-0.3, -0.25) is 4.90 Å². The van der Waals surface area contributed by atoms with Gasteiger partial charge in [0, 0.05) is 44.5 Å². The minimum Gasteiger partial charge on any atom is -0.497 e. The zero-order valence-corrected chi connectivity index (χ0v) is 17.8. The van der Waals surface area contributed by atoms with Crippen LogP contribution < -0.4 is 9.64 Å². The monoisotopic (exact) mass is 385 g/mol. The van der Waals surface area contributed by atoms with E-state index < -0.39 is 0 Å². The van der Waals surface area contributed by atoms with Crippen LogP contribution in [0.4, 0.5) is 5.69 Å². The Hall–Kier alpha value is -1.26. The number of piperazine rings is 1. The topological polar surface area (TPSA) is 19.0 Å². The molecule has 156 valence electrons. The summed E-state index contributed by atoms with van der Waals surface area (Å²) in [6.45, 7) is 8.65. The van der Waals surface area contributed by atoms with Gasteiger partial charge in [0.25, 0.3) is 0 Å². The van der Waals surface area contributed by atoms with Crippen molar-refractivity contribution in [2.75, 3.05) is 57.8 Å². The van der Waals surface area contributed by atoms with Crippen LogP contribution in [0.25, 0.3) is 0 Å². The normalized spacial score (nSPS) is 25.3. The van der Waals surface area contributed by atoms with E-state index in [0.717, 1.165) is 30.8 Å². The number of rotatable bonds is 7. The Bertz CT molecular complexity index is 576. The zero-order chi connectivity index (χ0) is 19.2. The highest BCUT2D eigenvalue weighted by Crippen LogP contribution is 2.29. The minimum atomic E-state index is 0.776. The van der Waals surface area contributed by atoms with Gasteiger partial charge in [0.1, 0.15) is 5.75 Å². The standard InChI is InChI=1S/C24H39N3O/c1-28-24-12-10-22(11-13-24)26-16-18-27(19-17-26)23-9-5-15-25(20-23)14-4-8-21-6-2-3-7-21/h10-13,21,23H,2-9,14-20H2,1H3. The second kappa shape index (κ2) is 9.98. The van der Waals surface area contributed by atoms with E-state index in [1.54, 1.807) is 7.11 Å². The van der Waals surface area contributed by atoms with Crippen molar-refractivity contribution in [1.82, 2.24) is 9.80 Å². The Balaban J connectivity index is 1.20. The van der Waals surface area contributed by atoms with Crippen molar-refractivity contribution in [3.63, 3.8) is 0 Å². The molecule has 2 saturated heterocycles. The third-order valence-corrected chi connectivity index (χ3v) is 7.31. The van der Waals surface area contributed by atoms with Gasteiger partial charge >= 0.3 is 0 Å². The Morgan fingerprint density at radius 3 is 2.36 bits per heavy atom. The third kappa shape index (κ3) is 5.21. The number of hydrogen-bond acceptors (Lipinski definition) is 4. The lowest BCUT2D eigenvalue weighted by atomic mass is 10.00. The predicted octanol–water partition coefficient (Wildman–Crippen LogP) is 4.25. The van der Waals surface area contributed by atoms with Gasteiger partial charge < -0.3 is 14.5 Å². The number of methoxy groups -OCH3 is 1. The fourth-order valence-electron chi connectivity index (χ4n) is 5.57. The van der Waals surface area contributed by atoms with Crippen LogP contribution >= 0.6 is 0 Å². The van der Waals surface area contributed by atoms with Crippen LogP contribution in [-0.4, -0.2) is 68.8 Å². The quantitative estimate of drug-likeness (QED) is 0.698. The SMILES string of the molecule is COc1ccc(N2CCN(C3CCCN(CCCC4CCCC4)C3)CC2)cc1. The Morgan fingerprint density at radius 2 is 1.64 bits per heavy atom. The molecule has 1 aromatic rings. The number of likely N-dealkylation sites (tertiary alicyclic amines) is 1. The number of piperidine rings is 1. The van der Waals surface area contributed by atoms with Gasteiger partial charge in [0.05, 0.1) is 7.11 Å². The third-order valence-electron chi connectivity index (χ3n) is 7.31. The molecule has 1 aliphatic carbocycles. The van der Waals surface area contributed by atoms with E-state index in [2.05, 4.69) is 39.0 Å². The van der Waals surface area contributed by atoms with Gasteiger partial charge in [0.15, 0.2) is 0 Å². The maximum absolute atomic E-state index is 5.29. The number of anilines is 1. The summed E-state index contributed by atoms with van der Waals surface area (Å²) < 4.78 is 5.29. The van der Waals surface area contributed by atoms with Gasteiger partial charge in [0.2, 0.25) is 0 Å². The maximum atomic E-state index is 5.29. The first-order valence-corrected chi connectivity index (χ1v) is 11.7. The molecular formula is C24H39N3O. The predicted molar refractivity (Wildman–Crippen MR) is 117 cm³/mol. The van der Waals surface area contributed by atoms with Crippen LogP contribution in [0.1, 0.15) is 51.4 Å². The van der Waals surface area contributed by atoms with E-state index in [9.17, 15) is 0 Å². The van der Waals surface area contributed by atoms with Crippen molar-refractivity contribution >= 4 is 5.69 Å². The second-order valence-electron chi connectivity index (χ2n) is 9.11. The zero-order valence-electron chi connectivity index (χ0n) is 17.8. The van der Waals surface area contributed by atoms with Crippen LogP contribution in [-0.2, 0) is 0 Å². The summed E-state index contributed by atoms with van der Waals surface area (Å²) in [5, 5.41) is 0. The molecule has 4 nitrogen and oxygen atoms in total. The molecule has 4 rings (SSSR count). The Morgan fingerprint density at radius 1 is 0.893 bits per heavy atom. The summed E-state index contributed by atoms with van der Waals surface area (Å²) in [4.78, 5) is 8.06. The number of hydrogen-bond donors (Lipinski definition) is 0. The minimum absolute atomic E-state index is 0.776. The molecule has 0 N–H and O–H groups in total. The molecule has 28 heavy (non-hydrogen) atoms. The van der Waals surface area contributed by atoms with Gasteiger partial charge in [-0.1, -0.05) is 25.7 Å². The molecule has 0 radical (unpaired) electrons. The summed E-state index contributed by atoms with van der Waals surface area (Å²) in [7, 11) is 1.73. The number of ether oxygens (including phenoxy) is 1.